The maximum atomic E-state index is 13.7. The molecule has 0 aliphatic rings. The molecule has 0 saturated heterocycles. The molecule has 4 aromatic carbocycles. The summed E-state index contributed by atoms with van der Waals surface area (Å²) in [4.78, 5) is 45.1. The van der Waals surface area contributed by atoms with Crippen LogP contribution >= 0.6 is 23.4 Å². The number of phenolic OH excluding ortho intramolecular Hbond substituents is 1. The number of phenols is 1. The third-order valence-corrected chi connectivity index (χ3v) is 8.18. The lowest BCUT2D eigenvalue weighted by molar-refractivity contribution is -0.116. The molecule has 0 spiro atoms. The first-order chi connectivity index (χ1) is 22.8. The topological polar surface area (TPSA) is 130 Å². The number of pyridine rings is 1. The van der Waals surface area contributed by atoms with Crippen molar-refractivity contribution in [2.45, 2.75) is 10.1 Å². The van der Waals surface area contributed by atoms with Crippen molar-refractivity contribution in [1.82, 2.24) is 10.3 Å². The number of hydrogen-bond acceptors (Lipinski definition) is 7. The van der Waals surface area contributed by atoms with Gasteiger partial charge in [-0.1, -0.05) is 66.2 Å². The number of carbonyl (C=O) groups excluding carboxylic acids is 3. The third-order valence-electron chi connectivity index (χ3n) is 6.71. The Balaban J connectivity index is 1.40. The number of methoxy groups -OCH3 is 1. The molecule has 0 aliphatic carbocycles. The summed E-state index contributed by atoms with van der Waals surface area (Å²) < 4.78 is 5.37. The Morgan fingerprint density at radius 1 is 0.872 bits per heavy atom. The first-order valence-corrected chi connectivity index (χ1v) is 15.6. The van der Waals surface area contributed by atoms with Crippen LogP contribution in [-0.2, 0) is 9.59 Å². The molecule has 47 heavy (non-hydrogen) atoms. The summed E-state index contributed by atoms with van der Waals surface area (Å²) in [5, 5.41) is 18.1. The number of rotatable bonds is 11. The van der Waals surface area contributed by atoms with Gasteiger partial charge in [-0.25, -0.2) is 4.98 Å². The zero-order valence-electron chi connectivity index (χ0n) is 25.0. The highest BCUT2D eigenvalue weighted by atomic mass is 35.5. The molecule has 1 unspecified atom stereocenters. The van der Waals surface area contributed by atoms with E-state index in [9.17, 15) is 19.5 Å². The average Bonchev–Trinajstić information content (AvgIpc) is 3.09. The second-order valence-electron chi connectivity index (χ2n) is 10.0. The molecule has 5 aromatic rings. The van der Waals surface area contributed by atoms with Crippen molar-refractivity contribution in [3.8, 4) is 11.5 Å². The number of carbonyl (C=O) groups is 3. The predicted octanol–water partition coefficient (Wildman–Crippen LogP) is 7.33. The molecule has 5 rings (SSSR count). The van der Waals surface area contributed by atoms with Gasteiger partial charge in [-0.15, -0.1) is 11.8 Å². The van der Waals surface area contributed by atoms with Crippen molar-refractivity contribution in [2.75, 3.05) is 17.7 Å². The minimum Gasteiger partial charge on any atom is -0.508 e. The summed E-state index contributed by atoms with van der Waals surface area (Å²) in [5.41, 5.74) is 1.97. The number of benzene rings is 4. The summed E-state index contributed by atoms with van der Waals surface area (Å²) in [6, 6.07) is 32.5. The van der Waals surface area contributed by atoms with E-state index in [4.69, 9.17) is 16.3 Å². The number of anilines is 2. The van der Waals surface area contributed by atoms with Crippen LogP contribution in [0, 0.1) is 0 Å². The number of halogens is 1. The van der Waals surface area contributed by atoms with Crippen molar-refractivity contribution in [2.24, 2.45) is 0 Å². The van der Waals surface area contributed by atoms with Gasteiger partial charge in [0.2, 0.25) is 5.91 Å². The SMILES string of the molecule is COc1cc(O)ccc1/C=C(/NC(=O)c1ccccc1)C(=O)Nc1cccc(SC(C(=O)Nc2ccc(Cl)cn2)c2ccccc2)c1. The quantitative estimate of drug-likeness (QED) is 0.0859. The van der Waals surface area contributed by atoms with E-state index in [1.54, 1.807) is 66.7 Å². The first-order valence-electron chi connectivity index (χ1n) is 14.3. The highest BCUT2D eigenvalue weighted by molar-refractivity contribution is 8.00. The molecule has 1 heterocycles. The van der Waals surface area contributed by atoms with E-state index in [1.807, 2.05) is 36.4 Å². The van der Waals surface area contributed by atoms with Gasteiger partial charge in [0, 0.05) is 34.0 Å². The fourth-order valence-electron chi connectivity index (χ4n) is 4.44. The molecule has 0 radical (unpaired) electrons. The number of aromatic hydroxyl groups is 1. The van der Waals surface area contributed by atoms with Gasteiger partial charge in [0.25, 0.3) is 11.8 Å². The number of nitrogens with one attached hydrogen (secondary N) is 3. The Hall–Kier alpha value is -5.58. The predicted molar refractivity (Wildman–Crippen MR) is 185 cm³/mol. The summed E-state index contributed by atoms with van der Waals surface area (Å²) in [7, 11) is 1.44. The Labute approximate surface area is 280 Å². The molecule has 0 bridgehead atoms. The number of thioether (sulfide) groups is 1. The lowest BCUT2D eigenvalue weighted by Crippen LogP contribution is -2.30. The van der Waals surface area contributed by atoms with Crippen LogP contribution in [0.2, 0.25) is 5.02 Å². The molecule has 0 aliphatic heterocycles. The zero-order chi connectivity index (χ0) is 33.2. The summed E-state index contributed by atoms with van der Waals surface area (Å²) in [5.74, 6) is -0.717. The second-order valence-corrected chi connectivity index (χ2v) is 11.7. The molecular weight excluding hydrogens is 636 g/mol. The zero-order valence-corrected chi connectivity index (χ0v) is 26.6. The molecule has 4 N–H and O–H groups in total. The fraction of sp³-hybridized carbons (Fsp3) is 0.0556. The third kappa shape index (κ3) is 9.00. The fourth-order valence-corrected chi connectivity index (χ4v) is 5.64. The van der Waals surface area contributed by atoms with Crippen LogP contribution in [0.4, 0.5) is 11.5 Å². The number of ether oxygens (including phenoxy) is 1. The molecular formula is C36H29ClN4O5S. The van der Waals surface area contributed by atoms with Crippen molar-refractivity contribution in [3.63, 3.8) is 0 Å². The summed E-state index contributed by atoms with van der Waals surface area (Å²) in [6.45, 7) is 0. The Morgan fingerprint density at radius 2 is 1.62 bits per heavy atom. The van der Waals surface area contributed by atoms with Crippen molar-refractivity contribution >= 4 is 58.7 Å². The monoisotopic (exact) mass is 664 g/mol. The lowest BCUT2D eigenvalue weighted by Gasteiger charge is -2.17. The Morgan fingerprint density at radius 3 is 2.32 bits per heavy atom. The van der Waals surface area contributed by atoms with Gasteiger partial charge >= 0.3 is 0 Å². The molecule has 9 nitrogen and oxygen atoms in total. The minimum absolute atomic E-state index is 0.0143. The van der Waals surface area contributed by atoms with E-state index < -0.39 is 17.1 Å². The number of amides is 3. The average molecular weight is 665 g/mol. The Bertz CT molecular complexity index is 1900. The van der Waals surface area contributed by atoms with Crippen LogP contribution < -0.4 is 20.7 Å². The molecule has 0 saturated carbocycles. The van der Waals surface area contributed by atoms with Gasteiger partial charge in [0.1, 0.15) is 28.3 Å². The molecule has 1 aromatic heterocycles. The number of aromatic nitrogens is 1. The van der Waals surface area contributed by atoms with Crippen molar-refractivity contribution in [3.05, 3.63) is 149 Å². The van der Waals surface area contributed by atoms with Crippen LogP contribution in [0.3, 0.4) is 0 Å². The molecule has 11 heteroatoms. The van der Waals surface area contributed by atoms with Crippen LogP contribution in [-0.4, -0.2) is 34.9 Å². The minimum atomic E-state index is -0.651. The van der Waals surface area contributed by atoms with E-state index in [1.165, 1.54) is 43.3 Å². The smallest absolute Gasteiger partial charge is 0.272 e. The number of nitrogens with zero attached hydrogens (tertiary/aromatic N) is 1. The van der Waals surface area contributed by atoms with Crippen molar-refractivity contribution in [1.29, 1.82) is 0 Å². The van der Waals surface area contributed by atoms with Gasteiger partial charge in [-0.05, 0) is 66.2 Å². The second kappa shape index (κ2) is 15.6. The van der Waals surface area contributed by atoms with E-state index in [0.717, 1.165) is 5.56 Å². The van der Waals surface area contributed by atoms with Crippen LogP contribution in [0.25, 0.3) is 6.08 Å². The largest absolute Gasteiger partial charge is 0.508 e. The molecule has 3 amide bonds. The normalized spacial score (nSPS) is 11.7. The maximum Gasteiger partial charge on any atom is 0.272 e. The van der Waals surface area contributed by atoms with E-state index in [2.05, 4.69) is 20.9 Å². The van der Waals surface area contributed by atoms with Gasteiger partial charge in [-0.2, -0.15) is 0 Å². The first kappa shape index (κ1) is 32.8. The molecule has 1 atom stereocenters. The van der Waals surface area contributed by atoms with Gasteiger partial charge in [0.15, 0.2) is 0 Å². The van der Waals surface area contributed by atoms with Gasteiger partial charge in [0.05, 0.1) is 12.1 Å². The Kier molecular flexibility index (Phi) is 10.9. The lowest BCUT2D eigenvalue weighted by atomic mass is 10.1. The highest BCUT2D eigenvalue weighted by Gasteiger charge is 2.23. The summed E-state index contributed by atoms with van der Waals surface area (Å²) >= 11 is 7.25. The summed E-state index contributed by atoms with van der Waals surface area (Å²) in [6.07, 6.45) is 2.92. The van der Waals surface area contributed by atoms with Gasteiger partial charge < -0.3 is 25.8 Å². The molecule has 236 valence electrons. The van der Waals surface area contributed by atoms with Crippen molar-refractivity contribution < 1.29 is 24.2 Å². The standard InChI is InChI=1S/C36H29ClN4O5S/c1-46-31-21-28(42)17-15-25(31)19-30(40-34(43)24-11-6-3-7-12-24)35(44)39-27-13-8-14-29(20-27)47-33(23-9-4-2-5-10-23)36(45)41-32-18-16-26(37)22-38-32/h2-22,33,42H,1H3,(H,39,44)(H,40,43)(H,38,41,45)/b30-19+. The van der Waals surface area contributed by atoms with E-state index >= 15 is 0 Å². The number of hydrogen-bond donors (Lipinski definition) is 4. The van der Waals surface area contributed by atoms with E-state index in [-0.39, 0.29) is 17.4 Å². The van der Waals surface area contributed by atoms with Crippen LogP contribution in [0.5, 0.6) is 11.5 Å². The highest BCUT2D eigenvalue weighted by Crippen LogP contribution is 2.37. The molecule has 0 fully saturated rings. The van der Waals surface area contributed by atoms with Gasteiger partial charge in [-0.3, -0.25) is 14.4 Å². The van der Waals surface area contributed by atoms with Crippen LogP contribution in [0.1, 0.15) is 26.7 Å². The maximum absolute atomic E-state index is 13.7. The van der Waals surface area contributed by atoms with Crippen LogP contribution in [0.15, 0.2) is 132 Å². The van der Waals surface area contributed by atoms with E-state index in [0.29, 0.717) is 38.3 Å².